The molecule has 6 nitrogen and oxygen atoms in total. The van der Waals surface area contributed by atoms with Gasteiger partial charge < -0.3 is 10.3 Å². The van der Waals surface area contributed by atoms with Crippen LogP contribution in [0.4, 0.5) is 4.39 Å². The first-order chi connectivity index (χ1) is 10.5. The van der Waals surface area contributed by atoms with Gasteiger partial charge in [-0.1, -0.05) is 23.9 Å². The zero-order valence-electron chi connectivity index (χ0n) is 12.0. The maximum Gasteiger partial charge on any atom is 0.217 e. The molecule has 0 saturated carbocycles. The lowest BCUT2D eigenvalue weighted by Gasteiger charge is -2.03. The predicted octanol–water partition coefficient (Wildman–Crippen LogP) is 1.35. The number of thioether (sulfide) groups is 1. The van der Waals surface area contributed by atoms with E-state index < -0.39 is 11.7 Å². The molecule has 1 aromatic carbocycles. The van der Waals surface area contributed by atoms with Crippen LogP contribution in [0.15, 0.2) is 29.4 Å². The topological polar surface area (TPSA) is 90.9 Å². The van der Waals surface area contributed by atoms with Crippen LogP contribution in [0.1, 0.15) is 22.6 Å². The number of aryl methyl sites for hydroxylation is 1. The van der Waals surface area contributed by atoms with Crippen molar-refractivity contribution in [3.63, 3.8) is 0 Å². The number of halogens is 1. The molecule has 1 amide bonds. The van der Waals surface area contributed by atoms with Gasteiger partial charge in [-0.05, 0) is 12.1 Å². The highest BCUT2D eigenvalue weighted by atomic mass is 32.2. The van der Waals surface area contributed by atoms with Crippen LogP contribution < -0.4 is 5.73 Å². The lowest BCUT2D eigenvalue weighted by molar-refractivity contribution is -0.118. The van der Waals surface area contributed by atoms with Crippen molar-refractivity contribution < 1.29 is 14.0 Å². The van der Waals surface area contributed by atoms with E-state index in [1.807, 2.05) is 0 Å². The smallest absolute Gasteiger partial charge is 0.217 e. The molecule has 0 bridgehead atoms. The molecule has 0 atom stereocenters. The maximum atomic E-state index is 13.1. The number of amides is 1. The number of Topliss-reactive ketones (excluding diaryl/α,β-unsaturated/α-hetero) is 1. The van der Waals surface area contributed by atoms with Gasteiger partial charge >= 0.3 is 0 Å². The molecule has 2 N–H and O–H groups in total. The molecule has 0 fully saturated rings. The van der Waals surface area contributed by atoms with E-state index in [9.17, 15) is 14.0 Å². The third kappa shape index (κ3) is 4.14. The SMILES string of the molecule is Cn1c(CCC(N)=O)nnc1SCC(=O)c1cccc(F)c1. The van der Waals surface area contributed by atoms with E-state index in [0.717, 1.165) is 0 Å². The van der Waals surface area contributed by atoms with Crippen LogP contribution in [0.2, 0.25) is 0 Å². The lowest BCUT2D eigenvalue weighted by Crippen LogP contribution is -2.13. The fraction of sp³-hybridized carbons (Fsp3) is 0.286. The standard InChI is InChI=1S/C14H15FN4O2S/c1-19-13(6-5-12(16)21)17-18-14(19)22-8-11(20)9-3-2-4-10(15)7-9/h2-4,7H,5-6,8H2,1H3,(H2,16,21). The number of nitrogens with two attached hydrogens (primary N) is 1. The maximum absolute atomic E-state index is 13.1. The van der Waals surface area contributed by atoms with Crippen molar-refractivity contribution in [2.24, 2.45) is 12.8 Å². The first-order valence-electron chi connectivity index (χ1n) is 6.55. The van der Waals surface area contributed by atoms with Gasteiger partial charge in [0.05, 0.1) is 5.75 Å². The summed E-state index contributed by atoms with van der Waals surface area (Å²) < 4.78 is 14.8. The largest absolute Gasteiger partial charge is 0.370 e. The van der Waals surface area contributed by atoms with Crippen LogP contribution in [-0.2, 0) is 18.3 Å². The third-order valence-corrected chi connectivity index (χ3v) is 4.02. The molecule has 0 spiro atoms. The Morgan fingerprint density at radius 2 is 2.14 bits per heavy atom. The van der Waals surface area contributed by atoms with Crippen molar-refractivity contribution in [2.45, 2.75) is 18.0 Å². The number of carbonyl (C=O) groups is 2. The molecule has 2 aromatic rings. The summed E-state index contributed by atoms with van der Waals surface area (Å²) in [5.74, 6) is -0.280. The molecule has 2 rings (SSSR count). The number of benzene rings is 1. The summed E-state index contributed by atoms with van der Waals surface area (Å²) in [5.41, 5.74) is 5.42. The van der Waals surface area contributed by atoms with E-state index in [1.54, 1.807) is 17.7 Å². The normalized spacial score (nSPS) is 10.6. The fourth-order valence-corrected chi connectivity index (χ4v) is 2.62. The summed E-state index contributed by atoms with van der Waals surface area (Å²) >= 11 is 1.21. The summed E-state index contributed by atoms with van der Waals surface area (Å²) in [6.07, 6.45) is 0.593. The molecule has 0 saturated heterocycles. The number of primary amides is 1. The van der Waals surface area contributed by atoms with Gasteiger partial charge in [0.1, 0.15) is 11.6 Å². The highest BCUT2D eigenvalue weighted by Gasteiger charge is 2.13. The zero-order valence-corrected chi connectivity index (χ0v) is 12.8. The van der Waals surface area contributed by atoms with Crippen LogP contribution in [0.5, 0.6) is 0 Å². The molecular formula is C14H15FN4O2S. The van der Waals surface area contributed by atoms with E-state index in [4.69, 9.17) is 5.73 Å². The number of hydrogen-bond donors (Lipinski definition) is 1. The lowest BCUT2D eigenvalue weighted by atomic mass is 10.1. The van der Waals surface area contributed by atoms with Crippen molar-refractivity contribution in [2.75, 3.05) is 5.75 Å². The minimum Gasteiger partial charge on any atom is -0.370 e. The summed E-state index contributed by atoms with van der Waals surface area (Å²) in [6.45, 7) is 0. The molecule has 0 aliphatic rings. The van der Waals surface area contributed by atoms with Crippen LogP contribution >= 0.6 is 11.8 Å². The van der Waals surface area contributed by atoms with Gasteiger partial charge in [0.2, 0.25) is 5.91 Å². The van der Waals surface area contributed by atoms with Crippen molar-refractivity contribution in [3.8, 4) is 0 Å². The molecule has 0 aliphatic heterocycles. The summed E-state index contributed by atoms with van der Waals surface area (Å²) in [5, 5.41) is 8.50. The zero-order chi connectivity index (χ0) is 16.1. The van der Waals surface area contributed by atoms with Gasteiger partial charge in [-0.25, -0.2) is 4.39 Å². The quantitative estimate of drug-likeness (QED) is 0.614. The van der Waals surface area contributed by atoms with Crippen molar-refractivity contribution in [3.05, 3.63) is 41.5 Å². The Morgan fingerprint density at radius 3 is 2.82 bits per heavy atom. The molecule has 116 valence electrons. The molecule has 0 aliphatic carbocycles. The van der Waals surface area contributed by atoms with Crippen LogP contribution in [-0.4, -0.2) is 32.2 Å². The molecular weight excluding hydrogens is 307 g/mol. The van der Waals surface area contributed by atoms with E-state index in [-0.39, 0.29) is 18.0 Å². The predicted molar refractivity (Wildman–Crippen MR) is 80.0 cm³/mol. The van der Waals surface area contributed by atoms with Crippen LogP contribution in [0.25, 0.3) is 0 Å². The molecule has 0 unspecified atom stereocenters. The molecule has 1 aromatic heterocycles. The van der Waals surface area contributed by atoms with Gasteiger partial charge in [-0.2, -0.15) is 0 Å². The Bertz CT molecular complexity index is 702. The molecule has 8 heteroatoms. The highest BCUT2D eigenvalue weighted by Crippen LogP contribution is 2.18. The molecule has 22 heavy (non-hydrogen) atoms. The Kier molecular flexibility index (Phi) is 5.26. The Balaban J connectivity index is 1.97. The number of ketones is 1. The first kappa shape index (κ1) is 16.2. The van der Waals surface area contributed by atoms with Crippen LogP contribution in [0, 0.1) is 5.82 Å². The third-order valence-electron chi connectivity index (χ3n) is 3.00. The van der Waals surface area contributed by atoms with E-state index in [0.29, 0.717) is 23.0 Å². The molecule has 1 heterocycles. The number of hydrogen-bond acceptors (Lipinski definition) is 5. The minimum atomic E-state index is -0.441. The van der Waals surface area contributed by atoms with E-state index in [2.05, 4.69) is 10.2 Å². The van der Waals surface area contributed by atoms with Gasteiger partial charge in [0.25, 0.3) is 0 Å². The Labute approximate surface area is 130 Å². The van der Waals surface area contributed by atoms with Gasteiger partial charge in [0, 0.05) is 25.5 Å². The number of rotatable bonds is 7. The number of aromatic nitrogens is 3. The monoisotopic (exact) mass is 322 g/mol. The van der Waals surface area contributed by atoms with Gasteiger partial charge in [-0.15, -0.1) is 10.2 Å². The second-order valence-electron chi connectivity index (χ2n) is 4.65. The fourth-order valence-electron chi connectivity index (χ4n) is 1.80. The summed E-state index contributed by atoms with van der Waals surface area (Å²) in [4.78, 5) is 22.8. The second-order valence-corrected chi connectivity index (χ2v) is 5.59. The van der Waals surface area contributed by atoms with Crippen molar-refractivity contribution >= 4 is 23.5 Å². The minimum absolute atomic E-state index is 0.130. The van der Waals surface area contributed by atoms with E-state index >= 15 is 0 Å². The average Bonchev–Trinajstić information content (AvgIpc) is 2.83. The first-order valence-corrected chi connectivity index (χ1v) is 7.54. The van der Waals surface area contributed by atoms with Crippen LogP contribution in [0.3, 0.4) is 0 Å². The molecule has 0 radical (unpaired) electrons. The number of carbonyl (C=O) groups excluding carboxylic acids is 2. The van der Waals surface area contributed by atoms with E-state index in [1.165, 1.54) is 30.0 Å². The van der Waals surface area contributed by atoms with Gasteiger partial charge in [0.15, 0.2) is 10.9 Å². The number of nitrogens with zero attached hydrogens (tertiary/aromatic N) is 3. The van der Waals surface area contributed by atoms with Gasteiger partial charge in [-0.3, -0.25) is 9.59 Å². The summed E-state index contributed by atoms with van der Waals surface area (Å²) in [7, 11) is 1.76. The Hall–Kier alpha value is -2.22. The Morgan fingerprint density at radius 1 is 1.36 bits per heavy atom. The average molecular weight is 322 g/mol. The summed E-state index contributed by atoms with van der Waals surface area (Å²) in [6, 6.07) is 5.56. The highest BCUT2D eigenvalue weighted by molar-refractivity contribution is 7.99. The van der Waals surface area contributed by atoms with Crippen molar-refractivity contribution in [1.29, 1.82) is 0 Å². The second kappa shape index (κ2) is 7.17. The van der Waals surface area contributed by atoms with Crippen molar-refractivity contribution in [1.82, 2.24) is 14.8 Å².